The predicted molar refractivity (Wildman–Crippen MR) is 80.3 cm³/mol. The molecule has 0 aromatic rings. The van der Waals surface area contributed by atoms with E-state index in [2.05, 4.69) is 0 Å². The van der Waals surface area contributed by atoms with Crippen molar-refractivity contribution < 1.29 is 137 Å². The number of rotatable bonds is 14. The van der Waals surface area contributed by atoms with E-state index in [1.165, 1.54) is 4.74 Å². The lowest BCUT2D eigenvalue weighted by Crippen LogP contribution is -2.71. The minimum absolute atomic E-state index is 1.35. The molecule has 278 valence electrons. The molecule has 4 atom stereocenters. The van der Waals surface area contributed by atoms with Crippen LogP contribution in [-0.4, -0.2) is 85.7 Å². The standard InChI is InChI=1S/C15H5F27O4/c16-2(8(27,28)29)9(30,43-4(19)7(25,26)3(17)18)45-15(11(33,34)13(38,39)40,44-6(23,24)1-5(20,21)22)46-14(41,42)10(31,32)12(35,36)37/h2-4H,1H2. The van der Waals surface area contributed by atoms with Gasteiger partial charge >= 0.3 is 73.1 Å². The van der Waals surface area contributed by atoms with Crippen LogP contribution in [0.2, 0.25) is 0 Å². The lowest BCUT2D eigenvalue weighted by molar-refractivity contribution is -0.625. The molecule has 0 aromatic heterocycles. The second-order valence-electron chi connectivity index (χ2n) is 7.85. The summed E-state index contributed by atoms with van der Waals surface area (Å²) in [5.74, 6) is -33.0. The van der Waals surface area contributed by atoms with E-state index in [0.717, 1.165) is 0 Å². The van der Waals surface area contributed by atoms with Gasteiger partial charge in [0.2, 0.25) is 0 Å². The van der Waals surface area contributed by atoms with E-state index in [9.17, 15) is 119 Å². The van der Waals surface area contributed by atoms with Crippen LogP contribution in [0.3, 0.4) is 0 Å². The van der Waals surface area contributed by atoms with E-state index in [-0.39, 0.29) is 0 Å². The first-order valence-corrected chi connectivity index (χ1v) is 9.75. The maximum atomic E-state index is 14.8. The van der Waals surface area contributed by atoms with Crippen molar-refractivity contribution in [2.24, 2.45) is 0 Å². The molecular weight excluding hydrogens is 757 g/mol. The Kier molecular flexibility index (Phi) is 11.9. The van der Waals surface area contributed by atoms with Gasteiger partial charge in [0.25, 0.3) is 12.5 Å². The Morgan fingerprint density at radius 2 is 0.870 bits per heavy atom. The Morgan fingerprint density at radius 3 is 1.17 bits per heavy atom. The minimum atomic E-state index is -8.90. The SMILES string of the molecule is FC(C(F)(F)F)C(F)(OC(F)C(F)(F)C(F)F)OC(OC(F)(F)CC(F)(F)F)(OC(F)(F)C(F)(F)C(F)(F)F)C(F)(F)C(F)(F)F. The molecule has 0 spiro atoms. The van der Waals surface area contributed by atoms with E-state index in [4.69, 9.17) is 0 Å². The monoisotopic (exact) mass is 762 g/mol. The van der Waals surface area contributed by atoms with Crippen molar-refractivity contribution in [2.45, 2.75) is 92.1 Å². The molecule has 0 fully saturated rings. The van der Waals surface area contributed by atoms with Crippen LogP contribution in [0.15, 0.2) is 0 Å². The van der Waals surface area contributed by atoms with Crippen molar-refractivity contribution in [2.75, 3.05) is 0 Å². The van der Waals surface area contributed by atoms with Gasteiger partial charge in [0.05, 0.1) is 0 Å². The molecule has 0 bridgehead atoms. The van der Waals surface area contributed by atoms with Crippen LogP contribution in [0.5, 0.6) is 0 Å². The van der Waals surface area contributed by atoms with Gasteiger partial charge in [0.15, 0.2) is 0 Å². The zero-order chi connectivity index (χ0) is 37.8. The first kappa shape index (κ1) is 43.9. The molecule has 0 aliphatic carbocycles. The van der Waals surface area contributed by atoms with Gasteiger partial charge in [-0.15, -0.1) is 0 Å². The summed E-state index contributed by atoms with van der Waals surface area (Å²) < 4.78 is 361. The zero-order valence-corrected chi connectivity index (χ0v) is 19.8. The minimum Gasteiger partial charge on any atom is -0.280 e. The van der Waals surface area contributed by atoms with Crippen molar-refractivity contribution in [1.82, 2.24) is 0 Å². The van der Waals surface area contributed by atoms with Gasteiger partial charge < -0.3 is 0 Å². The lowest BCUT2D eigenvalue weighted by Gasteiger charge is -2.46. The number of halogens is 27. The van der Waals surface area contributed by atoms with Crippen molar-refractivity contribution in [3.05, 3.63) is 0 Å². The average molecular weight is 762 g/mol. The molecule has 0 rings (SSSR count). The molecule has 0 amide bonds. The lowest BCUT2D eigenvalue weighted by atomic mass is 10.2. The summed E-state index contributed by atoms with van der Waals surface area (Å²) >= 11 is 0. The van der Waals surface area contributed by atoms with Gasteiger partial charge in [-0.25, -0.2) is 17.6 Å². The molecule has 0 N–H and O–H groups in total. The first-order chi connectivity index (χ1) is 19.6. The quantitative estimate of drug-likeness (QED) is 0.131. The fourth-order valence-corrected chi connectivity index (χ4v) is 2.13. The van der Waals surface area contributed by atoms with Crippen molar-refractivity contribution in [1.29, 1.82) is 0 Å². The van der Waals surface area contributed by atoms with Gasteiger partial charge in [-0.2, -0.15) is 101 Å². The predicted octanol–water partition coefficient (Wildman–Crippen LogP) is 8.96. The summed E-state index contributed by atoms with van der Waals surface area (Å²) in [4.78, 5) is 0. The maximum Gasteiger partial charge on any atom is 0.462 e. The van der Waals surface area contributed by atoms with Crippen LogP contribution in [0, 0.1) is 0 Å². The van der Waals surface area contributed by atoms with E-state index in [0.29, 0.717) is 0 Å². The molecule has 31 heteroatoms. The highest BCUT2D eigenvalue weighted by Gasteiger charge is 2.85. The maximum absolute atomic E-state index is 14.8. The van der Waals surface area contributed by atoms with Crippen molar-refractivity contribution in [3.63, 3.8) is 0 Å². The summed E-state index contributed by atoms with van der Waals surface area (Å²) in [5.41, 5.74) is 0. The van der Waals surface area contributed by atoms with Gasteiger partial charge in [-0.05, 0) is 0 Å². The Morgan fingerprint density at radius 1 is 0.478 bits per heavy atom. The molecule has 4 nitrogen and oxygen atoms in total. The molecule has 0 aromatic carbocycles. The third-order valence-corrected chi connectivity index (χ3v) is 4.14. The molecule has 0 radical (unpaired) electrons. The fourth-order valence-electron chi connectivity index (χ4n) is 2.13. The molecular formula is C15H5F27O4. The van der Waals surface area contributed by atoms with Crippen LogP contribution in [-0.2, 0) is 18.9 Å². The van der Waals surface area contributed by atoms with Crippen LogP contribution in [0.25, 0.3) is 0 Å². The van der Waals surface area contributed by atoms with E-state index in [1.54, 1.807) is 9.47 Å². The fraction of sp³-hybridized carbons (Fsp3) is 1.00. The Bertz CT molecular complexity index is 1010. The molecule has 0 saturated carbocycles. The van der Waals surface area contributed by atoms with E-state index in [1.807, 2.05) is 4.74 Å². The van der Waals surface area contributed by atoms with Gasteiger partial charge in [-0.1, -0.05) is 0 Å². The van der Waals surface area contributed by atoms with Gasteiger partial charge in [0.1, 0.15) is 6.42 Å². The Hall–Kier alpha value is -2.05. The second kappa shape index (κ2) is 12.4. The van der Waals surface area contributed by atoms with Crippen molar-refractivity contribution in [3.8, 4) is 0 Å². The van der Waals surface area contributed by atoms with Crippen LogP contribution < -0.4 is 0 Å². The number of hydrogen-bond donors (Lipinski definition) is 0. The Labute approximate surface area is 231 Å². The first-order valence-electron chi connectivity index (χ1n) is 9.75. The summed E-state index contributed by atoms with van der Waals surface area (Å²) in [6, 6.07) is -8.00. The highest BCUT2D eigenvalue weighted by atomic mass is 19.4. The summed E-state index contributed by atoms with van der Waals surface area (Å²) in [6.07, 6.45) is -70.7. The number of alkyl halides is 27. The highest BCUT2D eigenvalue weighted by Crippen LogP contribution is 2.58. The third kappa shape index (κ3) is 9.30. The zero-order valence-electron chi connectivity index (χ0n) is 19.8. The molecule has 4 unspecified atom stereocenters. The molecule has 0 aliphatic heterocycles. The molecule has 46 heavy (non-hydrogen) atoms. The highest BCUT2D eigenvalue weighted by molar-refractivity contribution is 4.95. The molecule has 0 aliphatic rings. The van der Waals surface area contributed by atoms with Crippen LogP contribution in [0.4, 0.5) is 119 Å². The second-order valence-corrected chi connectivity index (χ2v) is 7.85. The largest absolute Gasteiger partial charge is 0.462 e. The van der Waals surface area contributed by atoms with E-state index < -0.39 is 92.1 Å². The number of ether oxygens (including phenoxy) is 4. The van der Waals surface area contributed by atoms with Crippen LogP contribution in [0.1, 0.15) is 6.42 Å². The van der Waals surface area contributed by atoms with Crippen molar-refractivity contribution >= 4 is 0 Å². The number of hydrogen-bond acceptors (Lipinski definition) is 4. The third-order valence-electron chi connectivity index (χ3n) is 4.14. The molecule has 0 heterocycles. The summed E-state index contributed by atoms with van der Waals surface area (Å²) in [5, 5.41) is 0. The smallest absolute Gasteiger partial charge is 0.280 e. The topological polar surface area (TPSA) is 36.9 Å². The van der Waals surface area contributed by atoms with Crippen LogP contribution >= 0.6 is 0 Å². The van der Waals surface area contributed by atoms with E-state index >= 15 is 0 Å². The summed E-state index contributed by atoms with van der Waals surface area (Å²) in [7, 11) is 0. The molecule has 0 saturated heterocycles. The summed E-state index contributed by atoms with van der Waals surface area (Å²) in [6.45, 7) is 0. The normalized spacial score (nSPS) is 19.6. The van der Waals surface area contributed by atoms with Gasteiger partial charge in [0, 0.05) is 0 Å². The van der Waals surface area contributed by atoms with Gasteiger partial charge in [-0.3, -0.25) is 18.9 Å². The Balaban J connectivity index is 8.23. The average Bonchev–Trinajstić information content (AvgIpc) is 2.73.